The van der Waals surface area contributed by atoms with Gasteiger partial charge in [0, 0.05) is 18.1 Å². The summed E-state index contributed by atoms with van der Waals surface area (Å²) in [7, 11) is -3.86. The minimum atomic E-state index is -3.86. The van der Waals surface area contributed by atoms with Crippen LogP contribution in [-0.2, 0) is 10.0 Å². The van der Waals surface area contributed by atoms with E-state index in [1.807, 2.05) is 19.1 Å². The van der Waals surface area contributed by atoms with Crippen LogP contribution in [0, 0.1) is 6.92 Å². The predicted molar refractivity (Wildman–Crippen MR) is 128 cm³/mol. The van der Waals surface area contributed by atoms with Crippen molar-refractivity contribution in [1.82, 2.24) is 13.1 Å². The van der Waals surface area contributed by atoms with E-state index in [0.29, 0.717) is 24.7 Å². The maximum absolute atomic E-state index is 13.0. The van der Waals surface area contributed by atoms with Crippen molar-refractivity contribution in [2.45, 2.75) is 28.7 Å². The van der Waals surface area contributed by atoms with Crippen LogP contribution in [0.1, 0.15) is 28.4 Å². The lowest BCUT2D eigenvalue weighted by molar-refractivity contribution is 0.445. The van der Waals surface area contributed by atoms with E-state index in [2.05, 4.69) is 42.0 Å². The lowest BCUT2D eigenvalue weighted by Crippen LogP contribution is -2.28. The highest BCUT2D eigenvalue weighted by atomic mass is 127. The maximum Gasteiger partial charge on any atom is 0.246 e. The number of nitrogens with one attached hydrogen (secondary N) is 2. The first-order chi connectivity index (χ1) is 14.8. The van der Waals surface area contributed by atoms with Gasteiger partial charge >= 0.3 is 0 Å². The van der Waals surface area contributed by atoms with Gasteiger partial charge < -0.3 is 20.2 Å². The minimum Gasteiger partial charge on any atom is -0.504 e. The first-order valence-corrected chi connectivity index (χ1v) is 13.1. The number of rotatable bonds is 7. The summed E-state index contributed by atoms with van der Waals surface area (Å²) in [5.74, 6) is 1.87. The molecule has 4 rings (SSSR count). The second-order valence-corrected chi connectivity index (χ2v) is 11.1. The Morgan fingerprint density at radius 1 is 1.26 bits per heavy atom. The Morgan fingerprint density at radius 2 is 1.97 bits per heavy atom. The molecule has 13 heteroatoms. The molecular weight excluding hydrogens is 577 g/mol. The number of hydrogen-bond donors (Lipinski definition) is 3. The average molecular weight is 596 g/mol. The molecule has 3 heterocycles. The van der Waals surface area contributed by atoms with Crippen LogP contribution in [0.15, 0.2) is 33.6 Å². The zero-order valence-electron chi connectivity index (χ0n) is 16.3. The molecule has 0 bridgehead atoms. The number of aryl methyl sites for hydroxylation is 1. The van der Waals surface area contributed by atoms with Gasteiger partial charge in [-0.3, -0.25) is 0 Å². The molecule has 2 aromatic heterocycles. The van der Waals surface area contributed by atoms with Crippen molar-refractivity contribution in [3.8, 4) is 5.75 Å². The number of furan rings is 1. The molecule has 0 amide bonds. The van der Waals surface area contributed by atoms with Crippen LogP contribution < -0.4 is 10.6 Å². The van der Waals surface area contributed by atoms with Gasteiger partial charge in [0.15, 0.2) is 17.4 Å². The molecule has 9 nitrogen and oxygen atoms in total. The molecule has 1 atom stereocenters. The summed E-state index contributed by atoms with van der Waals surface area (Å²) in [5, 5.41) is 17.1. The van der Waals surface area contributed by atoms with Gasteiger partial charge in [0.2, 0.25) is 10.0 Å². The quantitative estimate of drug-likeness (QED) is 0.153. The Hall–Kier alpha value is -1.61. The molecule has 1 saturated heterocycles. The van der Waals surface area contributed by atoms with Crippen molar-refractivity contribution >= 4 is 73.3 Å². The predicted octanol–water partition coefficient (Wildman–Crippen LogP) is 4.87. The average Bonchev–Trinajstić information content (AvgIpc) is 3.47. The van der Waals surface area contributed by atoms with Crippen LogP contribution >= 0.6 is 45.9 Å². The minimum absolute atomic E-state index is 0.125. The van der Waals surface area contributed by atoms with Crippen molar-refractivity contribution < 1.29 is 17.9 Å². The van der Waals surface area contributed by atoms with Gasteiger partial charge in [0.05, 0.1) is 17.4 Å². The van der Waals surface area contributed by atoms with E-state index in [-0.39, 0.29) is 19.7 Å². The summed E-state index contributed by atoms with van der Waals surface area (Å²) in [6.07, 6.45) is 1.58. The third kappa shape index (κ3) is 4.77. The molecule has 1 unspecified atom stereocenters. The summed E-state index contributed by atoms with van der Waals surface area (Å²) < 4.78 is 41.1. The fourth-order valence-corrected chi connectivity index (χ4v) is 6.24. The molecule has 3 aromatic rings. The third-order valence-electron chi connectivity index (χ3n) is 4.74. The molecule has 1 aliphatic heterocycles. The molecule has 3 N–H and O–H groups in total. The van der Waals surface area contributed by atoms with E-state index >= 15 is 0 Å². The number of hydrogen-bond acceptors (Lipinski definition) is 9. The lowest BCUT2D eigenvalue weighted by atomic mass is 10.3. The first kappa shape index (κ1) is 22.6. The van der Waals surface area contributed by atoms with E-state index in [4.69, 9.17) is 16.0 Å². The molecule has 0 saturated carbocycles. The highest BCUT2D eigenvalue weighted by molar-refractivity contribution is 14.1. The normalized spacial score (nSPS) is 15.8. The third-order valence-corrected chi connectivity index (χ3v) is 8.32. The van der Waals surface area contributed by atoms with Gasteiger partial charge in [0.25, 0.3) is 0 Å². The van der Waals surface area contributed by atoms with Crippen molar-refractivity contribution in [2.75, 3.05) is 23.7 Å². The number of aromatic hydroxyl groups is 1. The van der Waals surface area contributed by atoms with Crippen LogP contribution in [-0.4, -0.2) is 39.7 Å². The van der Waals surface area contributed by atoms with Gasteiger partial charge in [-0.15, -0.1) is 0 Å². The number of phenolic OH excluding ortho intramolecular Hbond substituents is 1. The lowest BCUT2D eigenvalue weighted by Gasteiger charge is -2.18. The molecule has 0 aliphatic carbocycles. The number of alkyl halides is 1. The highest BCUT2D eigenvalue weighted by Gasteiger charge is 2.31. The summed E-state index contributed by atoms with van der Waals surface area (Å²) in [4.78, 5) is -0.236. The number of aromatic nitrogens is 2. The van der Waals surface area contributed by atoms with Crippen molar-refractivity contribution in [2.24, 2.45) is 0 Å². The van der Waals surface area contributed by atoms with Crippen LogP contribution in [0.2, 0.25) is 5.02 Å². The summed E-state index contributed by atoms with van der Waals surface area (Å²) in [5.41, 5.74) is 0.125. The number of phenols is 1. The van der Waals surface area contributed by atoms with Gasteiger partial charge in [-0.2, -0.15) is 13.1 Å². The molecule has 31 heavy (non-hydrogen) atoms. The van der Waals surface area contributed by atoms with Crippen molar-refractivity contribution in [1.29, 1.82) is 0 Å². The molecule has 0 radical (unpaired) electrons. The summed E-state index contributed by atoms with van der Waals surface area (Å²) in [6, 6.07) is 6.44. The van der Waals surface area contributed by atoms with E-state index in [0.717, 1.165) is 36.1 Å². The van der Waals surface area contributed by atoms with E-state index < -0.39 is 15.8 Å². The van der Waals surface area contributed by atoms with Crippen LogP contribution in [0.5, 0.6) is 5.75 Å². The second-order valence-electron chi connectivity index (χ2n) is 6.95. The molecule has 1 aromatic carbocycles. The Labute approximate surface area is 202 Å². The Bertz CT molecular complexity index is 1190. The summed E-state index contributed by atoms with van der Waals surface area (Å²) >= 11 is 9.32. The van der Waals surface area contributed by atoms with Crippen molar-refractivity contribution in [3.63, 3.8) is 0 Å². The number of nitrogens with zero attached hydrogens (tertiary/aromatic N) is 3. The van der Waals surface area contributed by atoms with E-state index in [9.17, 15) is 13.5 Å². The van der Waals surface area contributed by atoms with Crippen LogP contribution in [0.4, 0.5) is 17.3 Å². The Kier molecular flexibility index (Phi) is 6.62. The molecule has 1 fully saturated rings. The molecular formula is C18H19ClIN5O4S2. The summed E-state index contributed by atoms with van der Waals surface area (Å²) in [6.45, 7) is 2.70. The SMILES string of the molecule is Cc1ccc(C(I)Nc2nsnc2Nc2cc(Cl)cc(S(=O)(=O)N3CCCC3)c2O)o1. The fourth-order valence-electron chi connectivity index (χ4n) is 3.21. The van der Waals surface area contributed by atoms with Gasteiger partial charge in [-0.25, -0.2) is 8.42 Å². The number of sulfonamides is 1. The zero-order chi connectivity index (χ0) is 22.2. The molecule has 1 aliphatic rings. The van der Waals surface area contributed by atoms with E-state index in [1.54, 1.807) is 0 Å². The highest BCUT2D eigenvalue weighted by Crippen LogP contribution is 2.39. The van der Waals surface area contributed by atoms with Crippen LogP contribution in [0.25, 0.3) is 0 Å². The molecule has 0 spiro atoms. The second kappa shape index (κ2) is 9.10. The Morgan fingerprint density at radius 3 is 2.65 bits per heavy atom. The number of anilines is 3. The van der Waals surface area contributed by atoms with Crippen molar-refractivity contribution in [3.05, 3.63) is 40.8 Å². The standard InChI is InChI=1S/C18H19ClIN5O4S2/c1-10-4-5-13(29-10)16(20)22-18-17(23-30-24-18)21-12-8-11(19)9-14(15(12)26)31(27,28)25-6-2-3-7-25/h4-5,8-9,16,26H,2-3,6-7H2,1H3,(H,21,23)(H,22,24). The largest absolute Gasteiger partial charge is 0.504 e. The molecule has 166 valence electrons. The van der Waals surface area contributed by atoms with E-state index in [1.165, 1.54) is 16.4 Å². The maximum atomic E-state index is 13.0. The topological polar surface area (TPSA) is 121 Å². The smallest absolute Gasteiger partial charge is 0.246 e. The van der Waals surface area contributed by atoms with Gasteiger partial charge in [-0.1, -0.05) is 11.6 Å². The Balaban J connectivity index is 1.61. The first-order valence-electron chi connectivity index (χ1n) is 9.35. The monoisotopic (exact) mass is 595 g/mol. The number of benzene rings is 1. The zero-order valence-corrected chi connectivity index (χ0v) is 20.8. The van der Waals surface area contributed by atoms with Gasteiger partial charge in [0.1, 0.15) is 20.5 Å². The number of halogens is 2. The van der Waals surface area contributed by atoms with Gasteiger partial charge in [-0.05, 0) is 66.6 Å². The fraction of sp³-hybridized carbons (Fsp3) is 0.333. The van der Waals surface area contributed by atoms with Crippen LogP contribution in [0.3, 0.4) is 0 Å².